The first-order chi connectivity index (χ1) is 15.6. The number of anilines is 2. The van der Waals surface area contributed by atoms with Crippen molar-refractivity contribution in [3.63, 3.8) is 0 Å². The summed E-state index contributed by atoms with van der Waals surface area (Å²) in [5.74, 6) is 1.43. The quantitative estimate of drug-likeness (QED) is 0.403. The van der Waals surface area contributed by atoms with Crippen molar-refractivity contribution in [1.29, 1.82) is 0 Å². The molecule has 5 rings (SSSR count). The highest BCUT2D eigenvalue weighted by Gasteiger charge is 2.26. The minimum Gasteiger partial charge on any atom is -0.496 e. The Morgan fingerprint density at radius 2 is 1.91 bits per heavy atom. The highest BCUT2D eigenvalue weighted by Crippen LogP contribution is 2.41. The van der Waals surface area contributed by atoms with Crippen molar-refractivity contribution < 1.29 is 14.3 Å². The molecule has 1 aliphatic carbocycles. The number of hydrogen-bond donors (Lipinski definition) is 1. The van der Waals surface area contributed by atoms with Crippen LogP contribution >= 0.6 is 0 Å². The van der Waals surface area contributed by atoms with Crippen LogP contribution in [0.15, 0.2) is 60.9 Å². The molecule has 0 aliphatic heterocycles. The molecule has 0 unspecified atom stereocenters. The first kappa shape index (κ1) is 20.1. The van der Waals surface area contributed by atoms with E-state index in [0.29, 0.717) is 17.3 Å². The second-order valence-corrected chi connectivity index (χ2v) is 8.14. The lowest BCUT2D eigenvalue weighted by Crippen LogP contribution is -2.08. The molecule has 162 valence electrons. The van der Waals surface area contributed by atoms with Crippen LogP contribution in [-0.4, -0.2) is 29.7 Å². The van der Waals surface area contributed by atoms with Crippen molar-refractivity contribution in [3.05, 3.63) is 72.1 Å². The van der Waals surface area contributed by atoms with Crippen molar-refractivity contribution >= 4 is 28.4 Å². The van der Waals surface area contributed by atoms with Gasteiger partial charge in [-0.05, 0) is 54.7 Å². The fraction of sp³-hybridized carbons (Fsp3) is 0.231. The van der Waals surface area contributed by atoms with E-state index in [1.165, 1.54) is 7.11 Å². The smallest absolute Gasteiger partial charge is 0.341 e. The molecule has 2 heterocycles. The van der Waals surface area contributed by atoms with E-state index in [9.17, 15) is 4.79 Å². The van der Waals surface area contributed by atoms with E-state index < -0.39 is 5.97 Å². The predicted octanol–water partition coefficient (Wildman–Crippen LogP) is 5.66. The molecule has 2 aromatic carbocycles. The van der Waals surface area contributed by atoms with Crippen LogP contribution in [0.5, 0.6) is 5.75 Å². The van der Waals surface area contributed by atoms with Crippen molar-refractivity contribution in [3.8, 4) is 16.9 Å². The first-order valence-corrected chi connectivity index (χ1v) is 10.7. The Labute approximate surface area is 186 Å². The minimum atomic E-state index is -0.391. The van der Waals surface area contributed by atoms with Crippen LogP contribution in [0.3, 0.4) is 0 Å². The molecule has 32 heavy (non-hydrogen) atoms. The second kappa shape index (κ2) is 8.04. The van der Waals surface area contributed by atoms with Gasteiger partial charge in [0.2, 0.25) is 0 Å². The summed E-state index contributed by atoms with van der Waals surface area (Å²) in [4.78, 5) is 17.0. The Balaban J connectivity index is 1.57. The third kappa shape index (κ3) is 3.58. The number of benzene rings is 2. The number of carbonyl (C=O) groups excluding carboxylic acids is 1. The van der Waals surface area contributed by atoms with Gasteiger partial charge in [0.1, 0.15) is 17.1 Å². The molecule has 1 aliphatic rings. The molecule has 0 saturated heterocycles. The summed E-state index contributed by atoms with van der Waals surface area (Å²) in [7, 11) is 5.11. The number of methoxy groups -OCH3 is 2. The number of para-hydroxylation sites is 1. The molecule has 0 radical (unpaired) electrons. The number of esters is 1. The molecule has 0 atom stereocenters. The number of ether oxygens (including phenoxy) is 2. The predicted molar refractivity (Wildman–Crippen MR) is 126 cm³/mol. The summed E-state index contributed by atoms with van der Waals surface area (Å²) in [5.41, 5.74) is 5.59. The van der Waals surface area contributed by atoms with Gasteiger partial charge < -0.3 is 19.4 Å². The lowest BCUT2D eigenvalue weighted by molar-refractivity contribution is 0.0601. The van der Waals surface area contributed by atoms with E-state index in [0.717, 1.165) is 51.9 Å². The Morgan fingerprint density at radius 3 is 2.66 bits per heavy atom. The number of hydrogen-bond acceptors (Lipinski definition) is 5. The lowest BCUT2D eigenvalue weighted by Gasteiger charge is -2.12. The summed E-state index contributed by atoms with van der Waals surface area (Å²) in [6.07, 6.45) is 6.25. The van der Waals surface area contributed by atoms with Crippen molar-refractivity contribution in [2.45, 2.75) is 18.8 Å². The van der Waals surface area contributed by atoms with Gasteiger partial charge in [0.25, 0.3) is 0 Å². The molecule has 6 heteroatoms. The molecule has 0 amide bonds. The average molecular weight is 428 g/mol. The zero-order chi connectivity index (χ0) is 22.2. The number of nitrogens with zero attached hydrogens (tertiary/aromatic N) is 2. The third-order valence-corrected chi connectivity index (χ3v) is 6.01. The van der Waals surface area contributed by atoms with Crippen LogP contribution in [0.1, 0.15) is 34.7 Å². The van der Waals surface area contributed by atoms with Crippen LogP contribution in [0.2, 0.25) is 0 Å². The van der Waals surface area contributed by atoms with Crippen LogP contribution in [0.4, 0.5) is 11.5 Å². The second-order valence-electron chi connectivity index (χ2n) is 8.14. The molecule has 1 saturated carbocycles. The van der Waals surface area contributed by atoms with Crippen molar-refractivity contribution in [2.24, 2.45) is 7.05 Å². The number of carbonyl (C=O) groups is 1. The largest absolute Gasteiger partial charge is 0.496 e. The van der Waals surface area contributed by atoms with E-state index >= 15 is 0 Å². The summed E-state index contributed by atoms with van der Waals surface area (Å²) in [5, 5.41) is 4.41. The maximum absolute atomic E-state index is 12.4. The summed E-state index contributed by atoms with van der Waals surface area (Å²) in [6.45, 7) is 0. The zero-order valence-corrected chi connectivity index (χ0v) is 18.4. The maximum Gasteiger partial charge on any atom is 0.341 e. The van der Waals surface area contributed by atoms with Crippen molar-refractivity contribution in [2.75, 3.05) is 19.5 Å². The van der Waals surface area contributed by atoms with E-state index in [2.05, 4.69) is 39.3 Å². The van der Waals surface area contributed by atoms with E-state index in [-0.39, 0.29) is 0 Å². The van der Waals surface area contributed by atoms with Gasteiger partial charge in [-0.1, -0.05) is 18.2 Å². The third-order valence-electron chi connectivity index (χ3n) is 6.01. The fourth-order valence-corrected chi connectivity index (χ4v) is 4.17. The van der Waals surface area contributed by atoms with Gasteiger partial charge in [-0.25, -0.2) is 9.78 Å². The van der Waals surface area contributed by atoms with Gasteiger partial charge in [-0.3, -0.25) is 0 Å². The number of aromatic nitrogens is 2. The molecule has 0 spiro atoms. The minimum absolute atomic E-state index is 0.391. The van der Waals surface area contributed by atoms with Crippen molar-refractivity contribution in [1.82, 2.24) is 9.55 Å². The summed E-state index contributed by atoms with van der Waals surface area (Å²) in [6, 6.07) is 16.0. The molecule has 2 aromatic heterocycles. The molecule has 1 fully saturated rings. The van der Waals surface area contributed by atoms with Gasteiger partial charge in [-0.15, -0.1) is 0 Å². The van der Waals surface area contributed by atoms with Crippen LogP contribution in [0.25, 0.3) is 22.0 Å². The van der Waals surface area contributed by atoms with Crippen LogP contribution < -0.4 is 10.1 Å². The standard InChI is InChI=1S/C26H25N3O3/c1-29-15-22(19-6-4-5-7-24(19)31-2)20-13-18(10-11-23(20)29)28-25-21(26(30)32-3)12-17(14-27-25)16-8-9-16/h4-7,10-16H,8-9H2,1-3H3,(H,27,28). The number of nitrogens with one attached hydrogen (secondary N) is 1. The zero-order valence-electron chi connectivity index (χ0n) is 18.4. The number of aryl methyl sites for hydroxylation is 1. The normalized spacial score (nSPS) is 13.2. The van der Waals surface area contributed by atoms with Gasteiger partial charge in [-0.2, -0.15) is 0 Å². The topological polar surface area (TPSA) is 65.4 Å². The molecule has 4 aromatic rings. The van der Waals surface area contributed by atoms with Gasteiger partial charge in [0, 0.05) is 47.2 Å². The highest BCUT2D eigenvalue weighted by atomic mass is 16.5. The van der Waals surface area contributed by atoms with Gasteiger partial charge in [0.05, 0.1) is 14.2 Å². The molecule has 0 bridgehead atoms. The molecular weight excluding hydrogens is 402 g/mol. The Kier molecular flexibility index (Phi) is 5.05. The fourth-order valence-electron chi connectivity index (χ4n) is 4.17. The number of pyridine rings is 1. The lowest BCUT2D eigenvalue weighted by atomic mass is 10.0. The average Bonchev–Trinajstić information content (AvgIpc) is 3.63. The first-order valence-electron chi connectivity index (χ1n) is 10.7. The van der Waals surface area contributed by atoms with Crippen LogP contribution in [0, 0.1) is 0 Å². The van der Waals surface area contributed by atoms with Gasteiger partial charge in [0.15, 0.2) is 0 Å². The number of rotatable bonds is 6. The summed E-state index contributed by atoms with van der Waals surface area (Å²) >= 11 is 0. The Morgan fingerprint density at radius 1 is 1.09 bits per heavy atom. The monoisotopic (exact) mass is 427 g/mol. The molecular formula is C26H25N3O3. The molecule has 6 nitrogen and oxygen atoms in total. The highest BCUT2D eigenvalue weighted by molar-refractivity contribution is 6.00. The van der Waals surface area contributed by atoms with E-state index in [4.69, 9.17) is 9.47 Å². The molecule has 1 N–H and O–H groups in total. The van der Waals surface area contributed by atoms with Crippen LogP contribution in [-0.2, 0) is 11.8 Å². The number of fused-ring (bicyclic) bond motifs is 1. The Bertz CT molecular complexity index is 1320. The Hall–Kier alpha value is -3.80. The summed E-state index contributed by atoms with van der Waals surface area (Å²) < 4.78 is 12.7. The van der Waals surface area contributed by atoms with Gasteiger partial charge >= 0.3 is 5.97 Å². The SMILES string of the molecule is COC(=O)c1cc(C2CC2)cnc1Nc1ccc2c(c1)c(-c1ccccc1OC)cn2C. The maximum atomic E-state index is 12.4. The van der Waals surface area contributed by atoms with E-state index in [1.54, 1.807) is 7.11 Å². The van der Waals surface area contributed by atoms with E-state index in [1.807, 2.05) is 43.6 Å².